The van der Waals surface area contributed by atoms with Gasteiger partial charge in [0.15, 0.2) is 0 Å². The molecule has 0 radical (unpaired) electrons. The molecule has 2 heteroatoms. The van der Waals surface area contributed by atoms with Crippen LogP contribution in [-0.2, 0) is 4.79 Å². The van der Waals surface area contributed by atoms with Gasteiger partial charge in [0, 0.05) is 6.08 Å². The lowest BCUT2D eigenvalue weighted by atomic mass is 10.1. The molecule has 1 N–H and O–H groups in total. The summed E-state index contributed by atoms with van der Waals surface area (Å²) in [5.74, 6) is -0.981. The van der Waals surface area contributed by atoms with Crippen molar-refractivity contribution in [2.24, 2.45) is 0 Å². The van der Waals surface area contributed by atoms with E-state index in [-0.39, 0.29) is 0 Å². The first-order valence-electron chi connectivity index (χ1n) is 3.95. The quantitative estimate of drug-likeness (QED) is 0.671. The molecular formula is C11H14O2. The van der Waals surface area contributed by atoms with Crippen LogP contribution in [0.1, 0.15) is 11.1 Å². The monoisotopic (exact) mass is 178 g/mol. The zero-order chi connectivity index (χ0) is 10.3. The van der Waals surface area contributed by atoms with E-state index < -0.39 is 5.97 Å². The van der Waals surface area contributed by atoms with Gasteiger partial charge in [-0.2, -0.15) is 0 Å². The predicted molar refractivity (Wildman–Crippen MR) is 53.7 cm³/mol. The molecule has 0 saturated carbocycles. The first kappa shape index (κ1) is 11.4. The van der Waals surface area contributed by atoms with Gasteiger partial charge in [-0.3, -0.25) is 0 Å². The van der Waals surface area contributed by atoms with Crippen molar-refractivity contribution in [2.45, 2.75) is 13.8 Å². The van der Waals surface area contributed by atoms with Gasteiger partial charge in [-0.15, -0.1) is 0 Å². The molecule has 0 bridgehead atoms. The summed E-state index contributed by atoms with van der Waals surface area (Å²) in [7, 11) is 0. The number of carbonyl (C=O) groups is 1. The van der Waals surface area contributed by atoms with E-state index in [1.165, 1.54) is 11.1 Å². The SMILES string of the molecule is C=CC(=O)O.Cc1ccccc1C. The number of aryl methyl sites for hydroxylation is 2. The molecule has 0 fully saturated rings. The molecule has 0 aliphatic heterocycles. The largest absolute Gasteiger partial charge is 0.478 e. The van der Waals surface area contributed by atoms with E-state index in [0.29, 0.717) is 0 Å². The van der Waals surface area contributed by atoms with Crippen LogP contribution in [0.2, 0.25) is 0 Å². The van der Waals surface area contributed by atoms with Crippen LogP contribution in [0.15, 0.2) is 36.9 Å². The second-order valence-electron chi connectivity index (χ2n) is 2.63. The number of hydrogen-bond donors (Lipinski definition) is 1. The Balaban J connectivity index is 0.000000252. The zero-order valence-electron chi connectivity index (χ0n) is 7.95. The van der Waals surface area contributed by atoms with Crippen molar-refractivity contribution in [3.63, 3.8) is 0 Å². The molecule has 0 heterocycles. The lowest BCUT2D eigenvalue weighted by molar-refractivity contribution is -0.131. The minimum atomic E-state index is -0.981. The van der Waals surface area contributed by atoms with Crippen LogP contribution < -0.4 is 0 Å². The first-order chi connectivity index (χ1) is 6.07. The maximum atomic E-state index is 9.25. The maximum absolute atomic E-state index is 9.25. The molecule has 13 heavy (non-hydrogen) atoms. The van der Waals surface area contributed by atoms with Crippen LogP contribution in [0, 0.1) is 13.8 Å². The molecule has 70 valence electrons. The highest BCUT2D eigenvalue weighted by molar-refractivity contribution is 5.78. The molecule has 1 rings (SSSR count). The summed E-state index contributed by atoms with van der Waals surface area (Å²) in [6.07, 6.45) is 0.833. The number of rotatable bonds is 1. The van der Waals surface area contributed by atoms with E-state index in [1.54, 1.807) is 0 Å². The van der Waals surface area contributed by atoms with Crippen molar-refractivity contribution in [3.8, 4) is 0 Å². The van der Waals surface area contributed by atoms with Gasteiger partial charge in [-0.1, -0.05) is 30.8 Å². The van der Waals surface area contributed by atoms with E-state index in [4.69, 9.17) is 5.11 Å². The van der Waals surface area contributed by atoms with Crippen molar-refractivity contribution in [1.29, 1.82) is 0 Å². The average molecular weight is 178 g/mol. The van der Waals surface area contributed by atoms with Crippen LogP contribution >= 0.6 is 0 Å². The number of hydrogen-bond acceptors (Lipinski definition) is 1. The molecule has 0 aliphatic carbocycles. The number of carboxylic acids is 1. The molecule has 0 unspecified atom stereocenters. The van der Waals surface area contributed by atoms with Gasteiger partial charge in [0.2, 0.25) is 0 Å². The zero-order valence-corrected chi connectivity index (χ0v) is 7.95. The van der Waals surface area contributed by atoms with Crippen LogP contribution in [0.4, 0.5) is 0 Å². The van der Waals surface area contributed by atoms with Gasteiger partial charge in [-0.05, 0) is 25.0 Å². The summed E-state index contributed by atoms with van der Waals surface area (Å²) >= 11 is 0. The third-order valence-electron chi connectivity index (χ3n) is 1.60. The molecule has 0 saturated heterocycles. The molecule has 0 amide bonds. The molecule has 2 nitrogen and oxygen atoms in total. The minimum absolute atomic E-state index is 0.833. The lowest BCUT2D eigenvalue weighted by Gasteiger charge is -1.93. The van der Waals surface area contributed by atoms with Crippen molar-refractivity contribution >= 4 is 5.97 Å². The summed E-state index contributed by atoms with van der Waals surface area (Å²) in [6, 6.07) is 8.36. The van der Waals surface area contributed by atoms with E-state index in [2.05, 4.69) is 44.7 Å². The third-order valence-corrected chi connectivity index (χ3v) is 1.60. The highest BCUT2D eigenvalue weighted by Gasteiger charge is 1.83. The molecule has 0 atom stereocenters. The number of carboxylic acid groups (broad SMARTS) is 1. The van der Waals surface area contributed by atoms with Crippen molar-refractivity contribution in [3.05, 3.63) is 48.0 Å². The number of benzene rings is 1. The summed E-state index contributed by atoms with van der Waals surface area (Å²) in [4.78, 5) is 9.25. The van der Waals surface area contributed by atoms with Gasteiger partial charge in [0.25, 0.3) is 0 Å². The second kappa shape index (κ2) is 6.00. The molecule has 1 aromatic carbocycles. The van der Waals surface area contributed by atoms with Crippen LogP contribution in [-0.4, -0.2) is 11.1 Å². The minimum Gasteiger partial charge on any atom is -0.478 e. The van der Waals surface area contributed by atoms with Crippen molar-refractivity contribution in [1.82, 2.24) is 0 Å². The van der Waals surface area contributed by atoms with E-state index >= 15 is 0 Å². The fourth-order valence-corrected chi connectivity index (χ4v) is 0.663. The fraction of sp³-hybridized carbons (Fsp3) is 0.182. The van der Waals surface area contributed by atoms with Crippen molar-refractivity contribution < 1.29 is 9.90 Å². The Hall–Kier alpha value is -1.57. The predicted octanol–water partition coefficient (Wildman–Crippen LogP) is 2.56. The summed E-state index contributed by atoms with van der Waals surface area (Å²) in [5.41, 5.74) is 2.74. The van der Waals surface area contributed by atoms with Crippen LogP contribution in [0.5, 0.6) is 0 Å². The molecule has 0 aliphatic rings. The maximum Gasteiger partial charge on any atom is 0.327 e. The first-order valence-corrected chi connectivity index (χ1v) is 3.95. The average Bonchev–Trinajstić information content (AvgIpc) is 2.11. The van der Waals surface area contributed by atoms with E-state index in [0.717, 1.165) is 6.08 Å². The van der Waals surface area contributed by atoms with Crippen molar-refractivity contribution in [2.75, 3.05) is 0 Å². The lowest BCUT2D eigenvalue weighted by Crippen LogP contribution is -1.82. The van der Waals surface area contributed by atoms with E-state index in [1.807, 2.05) is 0 Å². The standard InChI is InChI=1S/C8H10.C3H4O2/c1-7-5-3-4-6-8(7)2;1-2-3(4)5/h3-6H,1-2H3;2H,1H2,(H,4,5). The Morgan fingerprint density at radius 1 is 1.31 bits per heavy atom. The smallest absolute Gasteiger partial charge is 0.327 e. The van der Waals surface area contributed by atoms with Gasteiger partial charge in [0.05, 0.1) is 0 Å². The van der Waals surface area contributed by atoms with Gasteiger partial charge < -0.3 is 5.11 Å². The topological polar surface area (TPSA) is 37.3 Å². The Morgan fingerprint density at radius 3 is 1.77 bits per heavy atom. The highest BCUT2D eigenvalue weighted by atomic mass is 16.4. The molecule has 0 spiro atoms. The van der Waals surface area contributed by atoms with E-state index in [9.17, 15) is 4.79 Å². The van der Waals surface area contributed by atoms with Gasteiger partial charge in [0.1, 0.15) is 0 Å². The molecule has 0 aromatic heterocycles. The Morgan fingerprint density at radius 2 is 1.62 bits per heavy atom. The Labute approximate surface area is 78.5 Å². The normalized spacial score (nSPS) is 8.15. The van der Waals surface area contributed by atoms with Crippen LogP contribution in [0.25, 0.3) is 0 Å². The third kappa shape index (κ3) is 5.67. The molecular weight excluding hydrogens is 164 g/mol. The Kier molecular flexibility index (Phi) is 5.28. The number of aliphatic carboxylic acids is 1. The van der Waals surface area contributed by atoms with Crippen LogP contribution in [0.3, 0.4) is 0 Å². The summed E-state index contributed by atoms with van der Waals surface area (Å²) in [5, 5.41) is 7.60. The fourth-order valence-electron chi connectivity index (χ4n) is 0.663. The summed E-state index contributed by atoms with van der Waals surface area (Å²) in [6.45, 7) is 7.20. The highest BCUT2D eigenvalue weighted by Crippen LogP contribution is 2.02. The van der Waals surface area contributed by atoms with Gasteiger partial charge >= 0.3 is 5.97 Å². The second-order valence-corrected chi connectivity index (χ2v) is 2.63. The Bertz CT molecular complexity index is 269. The molecule has 1 aromatic rings. The summed E-state index contributed by atoms with van der Waals surface area (Å²) < 4.78 is 0. The van der Waals surface area contributed by atoms with Gasteiger partial charge in [-0.25, -0.2) is 4.79 Å².